The highest BCUT2D eigenvalue weighted by Crippen LogP contribution is 2.22. The molecule has 3 aromatic carbocycles. The van der Waals surface area contributed by atoms with Gasteiger partial charge in [0.1, 0.15) is 6.04 Å². The average Bonchev–Trinajstić information content (AvgIpc) is 2.97. The Hall–Kier alpha value is -3.17. The number of benzene rings is 3. The van der Waals surface area contributed by atoms with Crippen molar-refractivity contribution >= 4 is 43.5 Å². The smallest absolute Gasteiger partial charge is 0.243 e. The summed E-state index contributed by atoms with van der Waals surface area (Å²) in [6, 6.07) is 24.1. The van der Waals surface area contributed by atoms with Gasteiger partial charge in [0.25, 0.3) is 0 Å². The molecule has 7 nitrogen and oxygen atoms in total. The van der Waals surface area contributed by atoms with Gasteiger partial charge in [-0.3, -0.25) is 13.9 Å². The summed E-state index contributed by atoms with van der Waals surface area (Å²) >= 11 is 3.46. The zero-order chi connectivity index (χ0) is 30.7. The first-order chi connectivity index (χ1) is 20.0. The first kappa shape index (κ1) is 33.3. The molecule has 2 atom stereocenters. The monoisotopic (exact) mass is 655 g/mol. The molecule has 0 spiro atoms. The average molecular weight is 657 g/mol. The fraction of sp³-hybridized carbons (Fsp3) is 0.394. The highest BCUT2D eigenvalue weighted by molar-refractivity contribution is 9.10. The van der Waals surface area contributed by atoms with E-state index < -0.39 is 16.1 Å². The lowest BCUT2D eigenvalue weighted by atomic mass is 10.0. The summed E-state index contributed by atoms with van der Waals surface area (Å²) in [4.78, 5) is 29.2. The summed E-state index contributed by atoms with van der Waals surface area (Å²) in [7, 11) is -3.56. The van der Waals surface area contributed by atoms with Gasteiger partial charge in [0.2, 0.25) is 21.8 Å². The Labute approximate surface area is 259 Å². The molecule has 0 heterocycles. The Bertz CT molecular complexity index is 1400. The number of amides is 2. The number of aryl methyl sites for hydroxylation is 1. The third kappa shape index (κ3) is 9.98. The van der Waals surface area contributed by atoms with Gasteiger partial charge in [-0.05, 0) is 67.1 Å². The molecule has 0 fully saturated rings. The van der Waals surface area contributed by atoms with Gasteiger partial charge in [0.15, 0.2) is 0 Å². The minimum Gasteiger partial charge on any atom is -0.352 e. The predicted octanol–water partition coefficient (Wildman–Crippen LogP) is 6.11. The summed E-state index contributed by atoms with van der Waals surface area (Å²) < 4.78 is 27.6. The van der Waals surface area contributed by atoms with Crippen LogP contribution in [0.2, 0.25) is 0 Å². The zero-order valence-corrected chi connectivity index (χ0v) is 27.3. The molecule has 0 aliphatic heterocycles. The third-order valence-corrected chi connectivity index (χ3v) is 9.05. The molecule has 3 rings (SSSR count). The minimum atomic E-state index is -3.56. The van der Waals surface area contributed by atoms with Crippen LogP contribution in [-0.4, -0.2) is 50.0 Å². The topological polar surface area (TPSA) is 86.8 Å². The number of nitrogens with one attached hydrogen (secondary N) is 1. The molecule has 3 aromatic rings. The van der Waals surface area contributed by atoms with Crippen molar-refractivity contribution in [1.29, 1.82) is 0 Å². The van der Waals surface area contributed by atoms with E-state index >= 15 is 0 Å². The van der Waals surface area contributed by atoms with Crippen molar-refractivity contribution in [3.63, 3.8) is 0 Å². The molecule has 2 amide bonds. The molecule has 0 saturated carbocycles. The maximum atomic E-state index is 13.9. The molecule has 0 bridgehead atoms. The molecule has 0 aliphatic rings. The number of rotatable bonds is 15. The highest BCUT2D eigenvalue weighted by Gasteiger charge is 2.31. The minimum absolute atomic E-state index is 0.0391. The molecule has 0 radical (unpaired) electrons. The lowest BCUT2D eigenvalue weighted by Crippen LogP contribution is -2.52. The fourth-order valence-corrected chi connectivity index (χ4v) is 5.91. The first-order valence-electron chi connectivity index (χ1n) is 14.5. The molecular weight excluding hydrogens is 614 g/mol. The van der Waals surface area contributed by atoms with E-state index in [1.165, 1.54) is 10.6 Å². The number of carbonyl (C=O) groups is 2. The predicted molar refractivity (Wildman–Crippen MR) is 174 cm³/mol. The van der Waals surface area contributed by atoms with E-state index in [2.05, 4.69) is 21.2 Å². The second kappa shape index (κ2) is 15.9. The van der Waals surface area contributed by atoms with Crippen LogP contribution in [0.3, 0.4) is 0 Å². The van der Waals surface area contributed by atoms with Gasteiger partial charge < -0.3 is 10.2 Å². The van der Waals surface area contributed by atoms with Crippen molar-refractivity contribution < 1.29 is 18.0 Å². The standard InChI is InChI=1S/C33H42BrN3O4S/c1-5-25(3)35-33(39)31(23-27-11-8-7-9-12-27)36(24-28-14-18-29(34)19-15-28)32(38)13-10-22-37(42(4,40)41)30-20-16-26(6-2)17-21-30/h7-9,11-12,14-21,25,31H,5-6,10,13,22-24H2,1-4H3,(H,35,39)/t25-,31+/m0/s1. The van der Waals surface area contributed by atoms with Crippen molar-refractivity contribution in [3.8, 4) is 0 Å². The van der Waals surface area contributed by atoms with Crippen LogP contribution in [0.1, 0.15) is 56.7 Å². The molecule has 226 valence electrons. The van der Waals surface area contributed by atoms with Crippen LogP contribution >= 0.6 is 15.9 Å². The van der Waals surface area contributed by atoms with E-state index in [1.54, 1.807) is 17.0 Å². The highest BCUT2D eigenvalue weighted by atomic mass is 79.9. The van der Waals surface area contributed by atoms with Gasteiger partial charge in [-0.15, -0.1) is 0 Å². The van der Waals surface area contributed by atoms with Crippen molar-refractivity contribution in [2.75, 3.05) is 17.1 Å². The van der Waals surface area contributed by atoms with Crippen molar-refractivity contribution in [1.82, 2.24) is 10.2 Å². The summed E-state index contributed by atoms with van der Waals surface area (Å²) in [5, 5.41) is 3.08. The Kier molecular flexibility index (Phi) is 12.6. The van der Waals surface area contributed by atoms with E-state index in [0.717, 1.165) is 34.0 Å². The molecule has 0 saturated heterocycles. The number of halogens is 1. The van der Waals surface area contributed by atoms with Gasteiger partial charge in [-0.1, -0.05) is 84.4 Å². The lowest BCUT2D eigenvalue weighted by molar-refractivity contribution is -0.141. The molecule has 1 N–H and O–H groups in total. The SMILES string of the molecule is CCc1ccc(N(CCCC(=O)N(Cc2ccc(Br)cc2)[C@H](Cc2ccccc2)C(=O)N[C@@H](C)CC)S(C)(=O)=O)cc1. The molecule has 0 unspecified atom stereocenters. The lowest BCUT2D eigenvalue weighted by Gasteiger charge is -2.32. The second-order valence-corrected chi connectivity index (χ2v) is 13.5. The number of nitrogens with zero attached hydrogens (tertiary/aromatic N) is 2. The van der Waals surface area contributed by atoms with Crippen LogP contribution in [0.25, 0.3) is 0 Å². The number of anilines is 1. The maximum absolute atomic E-state index is 13.9. The largest absolute Gasteiger partial charge is 0.352 e. The third-order valence-electron chi connectivity index (χ3n) is 7.32. The van der Waals surface area contributed by atoms with Gasteiger partial charge in [-0.25, -0.2) is 8.42 Å². The van der Waals surface area contributed by atoms with E-state index in [1.807, 2.05) is 87.5 Å². The normalized spacial score (nSPS) is 12.8. The Balaban J connectivity index is 1.87. The number of sulfonamides is 1. The van der Waals surface area contributed by atoms with E-state index in [-0.39, 0.29) is 37.4 Å². The van der Waals surface area contributed by atoms with Gasteiger partial charge in [0.05, 0.1) is 11.9 Å². The quantitative estimate of drug-likeness (QED) is 0.214. The second-order valence-electron chi connectivity index (χ2n) is 10.6. The van der Waals surface area contributed by atoms with Crippen molar-refractivity contribution in [2.45, 2.75) is 71.5 Å². The van der Waals surface area contributed by atoms with Crippen LogP contribution in [0.15, 0.2) is 83.3 Å². The van der Waals surface area contributed by atoms with Crippen molar-refractivity contribution in [3.05, 3.63) is 100 Å². The van der Waals surface area contributed by atoms with Crippen LogP contribution in [0.4, 0.5) is 5.69 Å². The number of hydrogen-bond acceptors (Lipinski definition) is 4. The molecule has 42 heavy (non-hydrogen) atoms. The van der Waals surface area contributed by atoms with Gasteiger partial charge in [-0.2, -0.15) is 0 Å². The van der Waals surface area contributed by atoms with E-state index in [0.29, 0.717) is 18.5 Å². The number of carbonyl (C=O) groups excluding carboxylic acids is 2. The summed E-state index contributed by atoms with van der Waals surface area (Å²) in [5.74, 6) is -0.402. The molecular formula is C33H42BrN3O4S. The zero-order valence-electron chi connectivity index (χ0n) is 24.9. The summed E-state index contributed by atoms with van der Waals surface area (Å²) in [6.07, 6.45) is 3.57. The first-order valence-corrected chi connectivity index (χ1v) is 17.1. The summed E-state index contributed by atoms with van der Waals surface area (Å²) in [6.45, 7) is 6.41. The maximum Gasteiger partial charge on any atom is 0.243 e. The van der Waals surface area contributed by atoms with E-state index in [9.17, 15) is 18.0 Å². The van der Waals surface area contributed by atoms with Gasteiger partial charge in [0, 0.05) is 36.4 Å². The Morgan fingerprint density at radius 1 is 0.881 bits per heavy atom. The molecule has 9 heteroatoms. The van der Waals surface area contributed by atoms with Crippen LogP contribution in [0, 0.1) is 0 Å². The fourth-order valence-electron chi connectivity index (χ4n) is 4.68. The number of hydrogen-bond donors (Lipinski definition) is 1. The van der Waals surface area contributed by atoms with Crippen LogP contribution in [0.5, 0.6) is 0 Å². The molecule has 0 aliphatic carbocycles. The summed E-state index contributed by atoms with van der Waals surface area (Å²) in [5.41, 5.74) is 3.54. The molecule has 0 aromatic heterocycles. The van der Waals surface area contributed by atoms with Gasteiger partial charge >= 0.3 is 0 Å². The van der Waals surface area contributed by atoms with Crippen LogP contribution < -0.4 is 9.62 Å². The Morgan fingerprint density at radius 2 is 1.50 bits per heavy atom. The van der Waals surface area contributed by atoms with Crippen LogP contribution in [-0.2, 0) is 39.0 Å². The van der Waals surface area contributed by atoms with Crippen molar-refractivity contribution in [2.24, 2.45) is 0 Å². The Morgan fingerprint density at radius 3 is 2.07 bits per heavy atom. The van der Waals surface area contributed by atoms with E-state index in [4.69, 9.17) is 0 Å².